The number of hydrogen-bond donors (Lipinski definition) is 0. The van der Waals surface area contributed by atoms with Gasteiger partial charge in [-0.1, -0.05) is 6.42 Å². The maximum absolute atomic E-state index is 13.1. The third kappa shape index (κ3) is 4.47. The van der Waals surface area contributed by atoms with Crippen LogP contribution < -0.4 is 4.74 Å². The molecule has 0 N–H and O–H groups in total. The lowest BCUT2D eigenvalue weighted by molar-refractivity contribution is 0.0600. The number of aromatic nitrogens is 2. The molecule has 1 amide bonds. The fourth-order valence-corrected chi connectivity index (χ4v) is 3.04. The van der Waals surface area contributed by atoms with Gasteiger partial charge in [0, 0.05) is 18.8 Å². The maximum Gasteiger partial charge on any atom is 0.338 e. The van der Waals surface area contributed by atoms with E-state index >= 15 is 0 Å². The van der Waals surface area contributed by atoms with Crippen molar-refractivity contribution >= 4 is 11.9 Å². The van der Waals surface area contributed by atoms with Crippen LogP contribution in [0, 0.1) is 5.92 Å². The Balaban J connectivity index is 1.83. The maximum atomic E-state index is 13.1. The molecule has 1 aliphatic carbocycles. The Morgan fingerprint density at radius 2 is 2.00 bits per heavy atom. The zero-order valence-corrected chi connectivity index (χ0v) is 16.4. The Bertz CT molecular complexity index is 837. The third-order valence-corrected chi connectivity index (χ3v) is 5.22. The minimum atomic E-state index is -0.505. The summed E-state index contributed by atoms with van der Waals surface area (Å²) in [5, 5.41) is 0. The monoisotopic (exact) mass is 383 g/mol. The highest BCUT2D eigenvalue weighted by Gasteiger charge is 2.23. The zero-order chi connectivity index (χ0) is 20.1. The molecule has 1 atom stereocenters. The average Bonchev–Trinajstić information content (AvgIpc) is 2.70. The molecule has 1 saturated carbocycles. The number of esters is 1. The predicted molar refractivity (Wildman–Crippen MR) is 103 cm³/mol. The first-order valence-electron chi connectivity index (χ1n) is 9.39. The van der Waals surface area contributed by atoms with Crippen molar-refractivity contribution < 1.29 is 19.1 Å². The number of nitrogens with zero attached hydrogens (tertiary/aromatic N) is 3. The van der Waals surface area contributed by atoms with Gasteiger partial charge in [0.15, 0.2) is 0 Å². The van der Waals surface area contributed by atoms with Gasteiger partial charge in [-0.2, -0.15) is 0 Å². The summed E-state index contributed by atoms with van der Waals surface area (Å²) in [6.45, 7) is 2.48. The number of ether oxygens (including phenoxy) is 2. The minimum Gasteiger partial charge on any atom is -0.493 e. The van der Waals surface area contributed by atoms with E-state index in [1.807, 2.05) is 6.92 Å². The van der Waals surface area contributed by atoms with Crippen LogP contribution in [0.2, 0.25) is 0 Å². The molecule has 1 aromatic carbocycles. The lowest BCUT2D eigenvalue weighted by Gasteiger charge is -2.26. The smallest absolute Gasteiger partial charge is 0.338 e. The Kier molecular flexibility index (Phi) is 6.23. The van der Waals surface area contributed by atoms with Gasteiger partial charge < -0.3 is 14.4 Å². The van der Waals surface area contributed by atoms with Gasteiger partial charge in [0.2, 0.25) is 0 Å². The van der Waals surface area contributed by atoms with E-state index in [1.165, 1.54) is 25.9 Å². The van der Waals surface area contributed by atoms with Gasteiger partial charge in [0.1, 0.15) is 12.1 Å². The molecule has 7 heteroatoms. The molecular formula is C21H25N3O4. The van der Waals surface area contributed by atoms with Crippen LogP contribution in [-0.4, -0.2) is 47.5 Å². The molecule has 148 valence electrons. The largest absolute Gasteiger partial charge is 0.493 e. The number of rotatable bonds is 7. The molecule has 28 heavy (non-hydrogen) atoms. The molecule has 0 radical (unpaired) electrons. The van der Waals surface area contributed by atoms with Crippen LogP contribution in [-0.2, 0) is 4.74 Å². The highest BCUT2D eigenvalue weighted by Crippen LogP contribution is 2.28. The van der Waals surface area contributed by atoms with Crippen LogP contribution in [0.1, 0.15) is 58.6 Å². The van der Waals surface area contributed by atoms with E-state index < -0.39 is 5.97 Å². The van der Waals surface area contributed by atoms with Gasteiger partial charge in [-0.15, -0.1) is 0 Å². The van der Waals surface area contributed by atoms with E-state index in [-0.39, 0.29) is 11.9 Å². The number of carbonyl (C=O) groups is 2. The second-order valence-electron chi connectivity index (χ2n) is 7.07. The van der Waals surface area contributed by atoms with Gasteiger partial charge in [0.05, 0.1) is 31.0 Å². The standard InChI is InChI=1S/C21H25N3O4/c1-14(19-7-8-22-13-23-19)24(2)20(25)16-9-17(21(26)27-3)11-18(10-16)28-12-15-5-4-6-15/h7-11,13-15H,4-6,12H2,1-3H3/t14-/m0/s1. The second-order valence-corrected chi connectivity index (χ2v) is 7.07. The zero-order valence-electron chi connectivity index (χ0n) is 16.4. The van der Waals surface area contributed by atoms with Crippen LogP contribution in [0.25, 0.3) is 0 Å². The number of amides is 1. The van der Waals surface area contributed by atoms with Crippen LogP contribution >= 0.6 is 0 Å². The van der Waals surface area contributed by atoms with E-state index in [0.29, 0.717) is 29.4 Å². The first-order valence-corrected chi connectivity index (χ1v) is 9.39. The Labute approximate surface area is 164 Å². The van der Waals surface area contributed by atoms with Gasteiger partial charge in [0.25, 0.3) is 5.91 Å². The summed E-state index contributed by atoms with van der Waals surface area (Å²) in [6, 6.07) is 6.35. The topological polar surface area (TPSA) is 81.6 Å². The Hall–Kier alpha value is -2.96. The third-order valence-electron chi connectivity index (χ3n) is 5.22. The lowest BCUT2D eigenvalue weighted by Crippen LogP contribution is -2.30. The molecule has 0 aliphatic heterocycles. The SMILES string of the molecule is COC(=O)c1cc(OCC2CCC2)cc(C(=O)N(C)[C@@H](C)c2ccncn2)c1. The van der Waals surface area contributed by atoms with Gasteiger partial charge in [-0.05, 0) is 49.9 Å². The van der Waals surface area contributed by atoms with E-state index in [1.54, 1.807) is 36.3 Å². The molecule has 1 heterocycles. The number of methoxy groups -OCH3 is 1. The molecule has 1 aromatic heterocycles. The van der Waals surface area contributed by atoms with Crippen LogP contribution in [0.4, 0.5) is 0 Å². The fourth-order valence-electron chi connectivity index (χ4n) is 3.04. The van der Waals surface area contributed by atoms with Crippen molar-refractivity contribution in [3.63, 3.8) is 0 Å². The lowest BCUT2D eigenvalue weighted by atomic mass is 9.86. The normalized spacial score (nSPS) is 14.7. The van der Waals surface area contributed by atoms with E-state index in [4.69, 9.17) is 9.47 Å². The van der Waals surface area contributed by atoms with Crippen LogP contribution in [0.3, 0.4) is 0 Å². The summed E-state index contributed by atoms with van der Waals surface area (Å²) in [4.78, 5) is 34.8. The van der Waals surface area contributed by atoms with E-state index in [0.717, 1.165) is 18.5 Å². The minimum absolute atomic E-state index is 0.231. The quantitative estimate of drug-likeness (QED) is 0.683. The highest BCUT2D eigenvalue weighted by atomic mass is 16.5. The summed E-state index contributed by atoms with van der Waals surface area (Å²) >= 11 is 0. The number of carbonyl (C=O) groups excluding carboxylic acids is 2. The molecule has 2 aromatic rings. The second kappa shape index (κ2) is 8.82. The summed E-state index contributed by atoms with van der Waals surface area (Å²) < 4.78 is 10.7. The molecular weight excluding hydrogens is 358 g/mol. The molecule has 0 unspecified atom stereocenters. The summed E-state index contributed by atoms with van der Waals surface area (Å²) in [5.74, 6) is 0.308. The first-order chi connectivity index (χ1) is 13.5. The van der Waals surface area contributed by atoms with Crippen molar-refractivity contribution in [2.24, 2.45) is 5.92 Å². The summed E-state index contributed by atoms with van der Waals surface area (Å²) in [5.41, 5.74) is 1.39. The van der Waals surface area contributed by atoms with E-state index in [9.17, 15) is 9.59 Å². The van der Waals surface area contributed by atoms with Crippen LogP contribution in [0.5, 0.6) is 5.75 Å². The van der Waals surface area contributed by atoms with Gasteiger partial charge >= 0.3 is 5.97 Å². The highest BCUT2D eigenvalue weighted by molar-refractivity contribution is 5.98. The van der Waals surface area contributed by atoms with Crippen molar-refractivity contribution in [1.29, 1.82) is 0 Å². The number of benzene rings is 1. The van der Waals surface area contributed by atoms with Crippen molar-refractivity contribution in [3.05, 3.63) is 53.6 Å². The first kappa shape index (κ1) is 19.8. The van der Waals surface area contributed by atoms with Crippen molar-refractivity contribution in [2.75, 3.05) is 20.8 Å². The molecule has 0 spiro atoms. The summed E-state index contributed by atoms with van der Waals surface area (Å²) in [7, 11) is 3.02. The van der Waals surface area contributed by atoms with Gasteiger partial charge in [-0.25, -0.2) is 14.8 Å². The van der Waals surface area contributed by atoms with Crippen molar-refractivity contribution in [2.45, 2.75) is 32.2 Å². The molecule has 1 aliphatic rings. The van der Waals surface area contributed by atoms with Gasteiger partial charge in [-0.3, -0.25) is 4.79 Å². The van der Waals surface area contributed by atoms with Crippen molar-refractivity contribution in [1.82, 2.24) is 14.9 Å². The van der Waals surface area contributed by atoms with Crippen molar-refractivity contribution in [3.8, 4) is 5.75 Å². The average molecular weight is 383 g/mol. The fraction of sp³-hybridized carbons (Fsp3) is 0.429. The summed E-state index contributed by atoms with van der Waals surface area (Å²) in [6.07, 6.45) is 6.63. The molecule has 0 saturated heterocycles. The molecule has 3 rings (SSSR count). The molecule has 7 nitrogen and oxygen atoms in total. The Morgan fingerprint density at radius 3 is 2.61 bits per heavy atom. The van der Waals surface area contributed by atoms with E-state index in [2.05, 4.69) is 9.97 Å². The Morgan fingerprint density at radius 1 is 1.25 bits per heavy atom. The number of hydrogen-bond acceptors (Lipinski definition) is 6. The predicted octanol–water partition coefficient (Wildman–Crippen LogP) is 3.28. The molecule has 1 fully saturated rings. The van der Waals surface area contributed by atoms with Crippen LogP contribution in [0.15, 0.2) is 36.8 Å². The molecule has 0 bridgehead atoms.